The summed E-state index contributed by atoms with van der Waals surface area (Å²) in [6.07, 6.45) is 1.09. The molecule has 1 aromatic heterocycles. The number of rotatable bonds is 3. The Morgan fingerprint density at radius 3 is 2.64 bits per heavy atom. The number of hydrogen-bond acceptors (Lipinski definition) is 2. The topological polar surface area (TPSA) is 40.7 Å². The number of aromatic amines is 1. The average Bonchev–Trinajstić information content (AvgIpc) is 2.27. The summed E-state index contributed by atoms with van der Waals surface area (Å²) in [6, 6.07) is 0. The Morgan fingerprint density at radius 1 is 1.43 bits per heavy atom. The van der Waals surface area contributed by atoms with E-state index >= 15 is 0 Å². The van der Waals surface area contributed by atoms with Crippen molar-refractivity contribution in [2.45, 2.75) is 33.1 Å². The van der Waals surface area contributed by atoms with Crippen molar-refractivity contribution in [2.75, 3.05) is 13.1 Å². The molecule has 2 rings (SSSR count). The van der Waals surface area contributed by atoms with Crippen molar-refractivity contribution in [3.05, 3.63) is 17.2 Å². The van der Waals surface area contributed by atoms with E-state index in [9.17, 15) is 0 Å². The fraction of sp³-hybridized carbons (Fsp3) is 0.727. The summed E-state index contributed by atoms with van der Waals surface area (Å²) in [7, 11) is 0. The fourth-order valence-corrected chi connectivity index (χ4v) is 1.78. The Balaban J connectivity index is 2.12. The third kappa shape index (κ3) is 1.82. The molecule has 1 aromatic rings. The second-order valence-electron chi connectivity index (χ2n) is 4.65. The molecule has 1 aliphatic heterocycles. The van der Waals surface area contributed by atoms with Gasteiger partial charge in [-0.3, -0.25) is 0 Å². The third-order valence-corrected chi connectivity index (χ3v) is 2.77. The normalized spacial score (nSPS) is 17.4. The number of aryl methyl sites for hydroxylation is 1. The monoisotopic (exact) mass is 193 g/mol. The zero-order valence-electron chi connectivity index (χ0n) is 9.22. The lowest BCUT2D eigenvalue weighted by molar-refractivity contribution is 0.432. The second kappa shape index (κ2) is 3.73. The SMILES string of the molecule is Cc1[nH]c(C2CNC2)nc1CC(C)C. The lowest BCUT2D eigenvalue weighted by atomic mass is 10.0. The number of nitrogens with one attached hydrogen (secondary N) is 2. The zero-order chi connectivity index (χ0) is 10.1. The van der Waals surface area contributed by atoms with E-state index in [0.717, 1.165) is 19.5 Å². The molecule has 14 heavy (non-hydrogen) atoms. The van der Waals surface area contributed by atoms with Crippen molar-refractivity contribution in [3.8, 4) is 0 Å². The van der Waals surface area contributed by atoms with Gasteiger partial charge in [0.15, 0.2) is 0 Å². The average molecular weight is 193 g/mol. The van der Waals surface area contributed by atoms with Crippen LogP contribution in [0.15, 0.2) is 0 Å². The first-order valence-corrected chi connectivity index (χ1v) is 5.43. The summed E-state index contributed by atoms with van der Waals surface area (Å²) < 4.78 is 0. The van der Waals surface area contributed by atoms with Gasteiger partial charge in [0.25, 0.3) is 0 Å². The minimum absolute atomic E-state index is 0.620. The van der Waals surface area contributed by atoms with Gasteiger partial charge >= 0.3 is 0 Å². The summed E-state index contributed by atoms with van der Waals surface area (Å²) in [5, 5.41) is 3.27. The van der Waals surface area contributed by atoms with Gasteiger partial charge in [-0.2, -0.15) is 0 Å². The maximum Gasteiger partial charge on any atom is 0.112 e. The van der Waals surface area contributed by atoms with Gasteiger partial charge < -0.3 is 10.3 Å². The number of aromatic nitrogens is 2. The molecule has 0 aromatic carbocycles. The molecule has 0 aliphatic carbocycles. The van der Waals surface area contributed by atoms with Crippen molar-refractivity contribution >= 4 is 0 Å². The van der Waals surface area contributed by atoms with Crippen LogP contribution in [0.5, 0.6) is 0 Å². The summed E-state index contributed by atoms with van der Waals surface area (Å²) in [4.78, 5) is 8.08. The highest BCUT2D eigenvalue weighted by Crippen LogP contribution is 2.19. The number of H-pyrrole nitrogens is 1. The van der Waals surface area contributed by atoms with Gasteiger partial charge in [0, 0.05) is 24.7 Å². The minimum Gasteiger partial charge on any atom is -0.346 e. The van der Waals surface area contributed by atoms with E-state index < -0.39 is 0 Å². The van der Waals surface area contributed by atoms with E-state index in [0.29, 0.717) is 11.8 Å². The molecule has 0 bridgehead atoms. The van der Waals surface area contributed by atoms with Gasteiger partial charge in [-0.25, -0.2) is 4.98 Å². The van der Waals surface area contributed by atoms with Crippen LogP contribution < -0.4 is 5.32 Å². The highest BCUT2D eigenvalue weighted by Gasteiger charge is 2.22. The standard InChI is InChI=1S/C11H19N3/c1-7(2)4-10-8(3)13-11(14-10)9-5-12-6-9/h7,9,12H,4-6H2,1-3H3,(H,13,14). The molecule has 2 N–H and O–H groups in total. The van der Waals surface area contributed by atoms with Crippen molar-refractivity contribution in [3.63, 3.8) is 0 Å². The van der Waals surface area contributed by atoms with Crippen LogP contribution in [0.4, 0.5) is 0 Å². The molecule has 1 fully saturated rings. The Bertz CT molecular complexity index is 310. The summed E-state index contributed by atoms with van der Waals surface area (Å²) in [5.74, 6) is 2.48. The molecule has 0 amide bonds. The van der Waals surface area contributed by atoms with Crippen LogP contribution in [0.25, 0.3) is 0 Å². The number of imidazole rings is 1. The number of nitrogens with zero attached hydrogens (tertiary/aromatic N) is 1. The largest absolute Gasteiger partial charge is 0.346 e. The molecule has 0 saturated carbocycles. The molecule has 2 heterocycles. The molecule has 1 aliphatic rings. The zero-order valence-corrected chi connectivity index (χ0v) is 9.22. The first kappa shape index (κ1) is 9.71. The molecule has 3 heteroatoms. The Kier molecular flexibility index (Phi) is 2.59. The van der Waals surface area contributed by atoms with Crippen LogP contribution in [-0.4, -0.2) is 23.1 Å². The van der Waals surface area contributed by atoms with Gasteiger partial charge in [-0.05, 0) is 19.3 Å². The Labute approximate surface area is 85.3 Å². The molecule has 0 radical (unpaired) electrons. The molecule has 3 nitrogen and oxygen atoms in total. The van der Waals surface area contributed by atoms with Crippen LogP contribution in [0, 0.1) is 12.8 Å². The quantitative estimate of drug-likeness (QED) is 0.765. The van der Waals surface area contributed by atoms with Gasteiger partial charge in [0.2, 0.25) is 0 Å². The van der Waals surface area contributed by atoms with Crippen molar-refractivity contribution in [1.82, 2.24) is 15.3 Å². The molecule has 0 unspecified atom stereocenters. The van der Waals surface area contributed by atoms with Crippen LogP contribution >= 0.6 is 0 Å². The van der Waals surface area contributed by atoms with Crippen molar-refractivity contribution in [1.29, 1.82) is 0 Å². The maximum absolute atomic E-state index is 4.68. The second-order valence-corrected chi connectivity index (χ2v) is 4.65. The minimum atomic E-state index is 0.620. The van der Waals surface area contributed by atoms with Gasteiger partial charge in [0.05, 0.1) is 5.69 Å². The smallest absolute Gasteiger partial charge is 0.112 e. The molecular weight excluding hydrogens is 174 g/mol. The Morgan fingerprint density at radius 2 is 2.14 bits per heavy atom. The van der Waals surface area contributed by atoms with E-state index in [-0.39, 0.29) is 0 Å². The first-order chi connectivity index (χ1) is 6.66. The summed E-state index contributed by atoms with van der Waals surface area (Å²) in [5.41, 5.74) is 2.50. The van der Waals surface area contributed by atoms with Crippen LogP contribution in [0.3, 0.4) is 0 Å². The van der Waals surface area contributed by atoms with Crippen LogP contribution in [0.1, 0.15) is 37.0 Å². The van der Waals surface area contributed by atoms with Crippen molar-refractivity contribution in [2.24, 2.45) is 5.92 Å². The molecular formula is C11H19N3. The van der Waals surface area contributed by atoms with Gasteiger partial charge in [-0.1, -0.05) is 13.8 Å². The maximum atomic E-state index is 4.68. The molecule has 0 spiro atoms. The molecule has 78 valence electrons. The first-order valence-electron chi connectivity index (χ1n) is 5.43. The number of hydrogen-bond donors (Lipinski definition) is 2. The van der Waals surface area contributed by atoms with Gasteiger partial charge in [0.1, 0.15) is 5.82 Å². The summed E-state index contributed by atoms with van der Waals surface area (Å²) >= 11 is 0. The Hall–Kier alpha value is -0.830. The summed E-state index contributed by atoms with van der Waals surface area (Å²) in [6.45, 7) is 8.75. The lowest BCUT2D eigenvalue weighted by Gasteiger charge is -2.24. The predicted octanol–water partition coefficient (Wildman–Crippen LogP) is 1.60. The predicted molar refractivity (Wildman–Crippen MR) is 57.5 cm³/mol. The highest BCUT2D eigenvalue weighted by molar-refractivity contribution is 5.17. The molecule has 0 atom stereocenters. The van der Waals surface area contributed by atoms with E-state index in [4.69, 9.17) is 0 Å². The third-order valence-electron chi connectivity index (χ3n) is 2.77. The lowest BCUT2D eigenvalue weighted by Crippen LogP contribution is -2.40. The molecule has 1 saturated heterocycles. The van der Waals surface area contributed by atoms with E-state index in [1.165, 1.54) is 17.2 Å². The van der Waals surface area contributed by atoms with E-state index in [1.807, 2.05) is 0 Å². The highest BCUT2D eigenvalue weighted by atomic mass is 15.0. The van der Waals surface area contributed by atoms with Crippen LogP contribution in [-0.2, 0) is 6.42 Å². The fourth-order valence-electron chi connectivity index (χ4n) is 1.78. The van der Waals surface area contributed by atoms with Crippen molar-refractivity contribution < 1.29 is 0 Å². The van der Waals surface area contributed by atoms with Gasteiger partial charge in [-0.15, -0.1) is 0 Å². The van der Waals surface area contributed by atoms with Crippen LogP contribution in [0.2, 0.25) is 0 Å². The van der Waals surface area contributed by atoms with E-state index in [2.05, 4.69) is 36.1 Å². The van der Waals surface area contributed by atoms with E-state index in [1.54, 1.807) is 0 Å².